The zero-order valence-corrected chi connectivity index (χ0v) is 20.4. The third-order valence-electron chi connectivity index (χ3n) is 5.71. The van der Waals surface area contributed by atoms with Crippen LogP contribution in [-0.4, -0.2) is 35.0 Å². The molecule has 0 radical (unpaired) electrons. The summed E-state index contributed by atoms with van der Waals surface area (Å²) in [6.07, 6.45) is 9.06. The SMILES string of the molecule is COc1c(C)cc(O)cc1C/C=C(\C)CC(=O)/C=C(\C)CCC1(C)OC(C)(C)C=CC1=O. The molecule has 1 aromatic rings. The van der Waals surface area contributed by atoms with Crippen molar-refractivity contribution in [3.05, 3.63) is 58.7 Å². The lowest BCUT2D eigenvalue weighted by atomic mass is 9.87. The fraction of sp³-hybridized carbons (Fsp3) is 0.481. The molecule has 0 aliphatic carbocycles. The van der Waals surface area contributed by atoms with Crippen LogP contribution in [0.25, 0.3) is 0 Å². The first-order valence-corrected chi connectivity index (χ1v) is 11.0. The molecule has 0 aromatic heterocycles. The number of phenolic OH excluding ortho intramolecular Hbond substituents is 1. The molecule has 0 amide bonds. The van der Waals surface area contributed by atoms with E-state index in [0.29, 0.717) is 25.7 Å². The minimum atomic E-state index is -0.870. The molecule has 0 fully saturated rings. The Morgan fingerprint density at radius 2 is 1.88 bits per heavy atom. The summed E-state index contributed by atoms with van der Waals surface area (Å²) in [5.41, 5.74) is 2.28. The summed E-state index contributed by atoms with van der Waals surface area (Å²) in [6, 6.07) is 3.35. The number of methoxy groups -OCH3 is 1. The third kappa shape index (κ3) is 6.92. The van der Waals surface area contributed by atoms with Gasteiger partial charge in [-0.15, -0.1) is 0 Å². The monoisotopic (exact) mass is 440 g/mol. The van der Waals surface area contributed by atoms with Crippen LogP contribution in [0.3, 0.4) is 0 Å². The van der Waals surface area contributed by atoms with Gasteiger partial charge in [-0.2, -0.15) is 0 Å². The lowest BCUT2D eigenvalue weighted by molar-refractivity contribution is -0.157. The van der Waals surface area contributed by atoms with Crippen LogP contribution in [0, 0.1) is 6.92 Å². The van der Waals surface area contributed by atoms with Crippen LogP contribution in [0.5, 0.6) is 11.5 Å². The predicted molar refractivity (Wildman–Crippen MR) is 127 cm³/mol. The smallest absolute Gasteiger partial charge is 0.187 e. The highest BCUT2D eigenvalue weighted by atomic mass is 16.5. The molecule has 0 spiro atoms. The summed E-state index contributed by atoms with van der Waals surface area (Å²) in [7, 11) is 1.61. The van der Waals surface area contributed by atoms with Crippen LogP contribution in [0.4, 0.5) is 0 Å². The number of hydrogen-bond acceptors (Lipinski definition) is 5. The number of hydrogen-bond donors (Lipinski definition) is 1. The number of phenols is 1. The highest BCUT2D eigenvalue weighted by molar-refractivity contribution is 5.97. The Bertz CT molecular complexity index is 965. The zero-order valence-electron chi connectivity index (χ0n) is 20.4. The summed E-state index contributed by atoms with van der Waals surface area (Å²) in [5, 5.41) is 9.86. The van der Waals surface area contributed by atoms with Crippen molar-refractivity contribution in [2.45, 2.75) is 78.4 Å². The van der Waals surface area contributed by atoms with Gasteiger partial charge in [0.25, 0.3) is 0 Å². The van der Waals surface area contributed by atoms with Crippen LogP contribution in [-0.2, 0) is 20.7 Å². The fourth-order valence-electron chi connectivity index (χ4n) is 4.03. The Balaban J connectivity index is 1.96. The van der Waals surface area contributed by atoms with Gasteiger partial charge in [-0.1, -0.05) is 17.2 Å². The quantitative estimate of drug-likeness (QED) is 0.401. The van der Waals surface area contributed by atoms with Gasteiger partial charge in [-0.3, -0.25) is 9.59 Å². The Morgan fingerprint density at radius 3 is 2.53 bits per heavy atom. The van der Waals surface area contributed by atoms with Gasteiger partial charge in [-0.05, 0) is 96.7 Å². The maximum absolute atomic E-state index is 12.5. The maximum Gasteiger partial charge on any atom is 0.187 e. The normalized spacial score (nSPS) is 21.0. The first-order chi connectivity index (χ1) is 14.8. The maximum atomic E-state index is 12.5. The summed E-state index contributed by atoms with van der Waals surface area (Å²) < 4.78 is 11.5. The van der Waals surface area contributed by atoms with Crippen molar-refractivity contribution in [1.29, 1.82) is 0 Å². The minimum absolute atomic E-state index is 0.0246. The zero-order chi connectivity index (χ0) is 24.1. The molecule has 1 N–H and O–H groups in total. The minimum Gasteiger partial charge on any atom is -0.508 e. The van der Waals surface area contributed by atoms with Gasteiger partial charge in [-0.25, -0.2) is 0 Å². The van der Waals surface area contributed by atoms with Gasteiger partial charge in [0.2, 0.25) is 0 Å². The van der Waals surface area contributed by atoms with E-state index >= 15 is 0 Å². The van der Waals surface area contributed by atoms with Crippen molar-refractivity contribution >= 4 is 11.6 Å². The molecule has 32 heavy (non-hydrogen) atoms. The lowest BCUT2D eigenvalue weighted by Gasteiger charge is -2.38. The van der Waals surface area contributed by atoms with E-state index in [-0.39, 0.29) is 17.3 Å². The topological polar surface area (TPSA) is 72.8 Å². The van der Waals surface area contributed by atoms with E-state index in [0.717, 1.165) is 28.0 Å². The Kier molecular flexibility index (Phi) is 8.24. The van der Waals surface area contributed by atoms with Crippen LogP contribution < -0.4 is 4.74 Å². The van der Waals surface area contributed by atoms with Crippen molar-refractivity contribution in [3.63, 3.8) is 0 Å². The molecule has 0 saturated heterocycles. The van der Waals surface area contributed by atoms with E-state index in [2.05, 4.69) is 0 Å². The van der Waals surface area contributed by atoms with Crippen LogP contribution >= 0.6 is 0 Å². The van der Waals surface area contributed by atoms with E-state index in [1.54, 1.807) is 37.5 Å². The average Bonchev–Trinajstić information content (AvgIpc) is 2.67. The molecule has 1 aliphatic heterocycles. The van der Waals surface area contributed by atoms with Crippen LogP contribution in [0.1, 0.15) is 65.0 Å². The van der Waals surface area contributed by atoms with Gasteiger partial charge >= 0.3 is 0 Å². The van der Waals surface area contributed by atoms with Crippen molar-refractivity contribution in [2.24, 2.45) is 0 Å². The Hall–Kier alpha value is -2.66. The summed E-state index contributed by atoms with van der Waals surface area (Å²) in [4.78, 5) is 24.8. The molecule has 5 nitrogen and oxygen atoms in total. The first-order valence-electron chi connectivity index (χ1n) is 11.0. The number of rotatable bonds is 9. The summed E-state index contributed by atoms with van der Waals surface area (Å²) in [5.74, 6) is 0.941. The second-order valence-corrected chi connectivity index (χ2v) is 9.48. The molecule has 1 unspecified atom stereocenters. The number of ketones is 2. The lowest BCUT2D eigenvalue weighted by Crippen LogP contribution is -2.47. The molecule has 0 saturated carbocycles. The first kappa shape index (κ1) is 25.6. The fourth-order valence-corrected chi connectivity index (χ4v) is 4.03. The molecular formula is C27H36O5. The predicted octanol–water partition coefficient (Wildman–Crippen LogP) is 5.58. The molecule has 174 valence electrons. The van der Waals surface area contributed by atoms with Gasteiger partial charge in [0, 0.05) is 12.0 Å². The standard InChI is InChI=1S/C27H36O5/c1-18(8-9-21-17-23(29)16-20(3)25(21)31-7)14-22(28)15-19(2)10-13-27(6)24(30)11-12-26(4,5)32-27/h8,11-12,15-17,29H,9-10,13-14H2,1-7H3/b18-8+,19-15+. The van der Waals surface area contributed by atoms with E-state index in [1.165, 1.54) is 0 Å². The summed E-state index contributed by atoms with van der Waals surface area (Å²) in [6.45, 7) is 11.4. The highest BCUT2D eigenvalue weighted by Crippen LogP contribution is 2.32. The molecule has 0 bridgehead atoms. The molecule has 1 heterocycles. The molecule has 1 aromatic carbocycles. The molecule has 1 aliphatic rings. The van der Waals surface area contributed by atoms with E-state index in [9.17, 15) is 14.7 Å². The number of benzene rings is 1. The molecular weight excluding hydrogens is 404 g/mol. The van der Waals surface area contributed by atoms with Crippen molar-refractivity contribution in [1.82, 2.24) is 0 Å². The largest absolute Gasteiger partial charge is 0.508 e. The summed E-state index contributed by atoms with van der Waals surface area (Å²) >= 11 is 0. The number of ether oxygens (including phenoxy) is 2. The second kappa shape index (κ2) is 10.3. The van der Waals surface area contributed by atoms with Crippen molar-refractivity contribution in [3.8, 4) is 11.5 Å². The van der Waals surface area contributed by atoms with Crippen molar-refractivity contribution < 1.29 is 24.2 Å². The van der Waals surface area contributed by atoms with Crippen molar-refractivity contribution in [2.75, 3.05) is 7.11 Å². The van der Waals surface area contributed by atoms with Gasteiger partial charge in [0.1, 0.15) is 17.1 Å². The molecule has 1 atom stereocenters. The molecule has 5 heteroatoms. The third-order valence-corrected chi connectivity index (χ3v) is 5.71. The van der Waals surface area contributed by atoms with E-state index in [4.69, 9.17) is 9.47 Å². The number of aromatic hydroxyl groups is 1. The number of allylic oxidation sites excluding steroid dienone is 4. The average molecular weight is 441 g/mol. The van der Waals surface area contributed by atoms with E-state index in [1.807, 2.05) is 47.6 Å². The van der Waals surface area contributed by atoms with Gasteiger partial charge < -0.3 is 14.6 Å². The molecule has 2 rings (SSSR count). The van der Waals surface area contributed by atoms with Gasteiger partial charge in [0.05, 0.1) is 12.7 Å². The second-order valence-electron chi connectivity index (χ2n) is 9.48. The number of aryl methyl sites for hydroxylation is 1. The Labute approximate surface area is 191 Å². The number of carbonyl (C=O) groups is 2. The van der Waals surface area contributed by atoms with Gasteiger partial charge in [0.15, 0.2) is 11.6 Å². The van der Waals surface area contributed by atoms with Crippen LogP contribution in [0.2, 0.25) is 0 Å². The number of carbonyl (C=O) groups excluding carboxylic acids is 2. The Morgan fingerprint density at radius 1 is 1.19 bits per heavy atom. The van der Waals surface area contributed by atoms with E-state index < -0.39 is 11.2 Å². The van der Waals surface area contributed by atoms with Crippen LogP contribution in [0.15, 0.2) is 47.6 Å². The highest BCUT2D eigenvalue weighted by Gasteiger charge is 2.40.